The first-order valence-corrected chi connectivity index (χ1v) is 19.9. The Labute approximate surface area is 327 Å². The minimum atomic E-state index is -0.887. The van der Waals surface area contributed by atoms with E-state index in [1.165, 1.54) is 13.0 Å². The first-order chi connectivity index (χ1) is 26.7. The van der Waals surface area contributed by atoms with Crippen LogP contribution in [0.15, 0.2) is 115 Å². The fraction of sp³-hybridized carbons (Fsp3) is 0.333. The highest BCUT2D eigenvalue weighted by atomic mass is 32.2. The first-order valence-electron chi connectivity index (χ1n) is 18.9. The number of nitrogens with one attached hydrogen (secondary N) is 2. The molecular formula is C45H48N2O7S. The minimum absolute atomic E-state index is 0.0617. The molecule has 1 atom stereocenters. The van der Waals surface area contributed by atoms with Gasteiger partial charge < -0.3 is 24.8 Å². The van der Waals surface area contributed by atoms with Crippen molar-refractivity contribution >= 4 is 40.9 Å². The SMILES string of the molecule is CC(=O)Oc1ccccc1/C=C/C(=O)OC1(c2cccc(CC(=O)SCC(Cc3ccccc3)C(=O)OC3(c4ccccc4)CCNCC3)c2)CCNCC1. The molecule has 0 spiro atoms. The van der Waals surface area contributed by atoms with Gasteiger partial charge in [0.15, 0.2) is 5.12 Å². The van der Waals surface area contributed by atoms with Crippen LogP contribution in [0.25, 0.3) is 6.08 Å². The summed E-state index contributed by atoms with van der Waals surface area (Å²) in [5.41, 5.74) is 2.60. The molecule has 0 saturated carbocycles. The van der Waals surface area contributed by atoms with Gasteiger partial charge in [0, 0.05) is 56.4 Å². The van der Waals surface area contributed by atoms with Crippen LogP contribution < -0.4 is 15.4 Å². The van der Waals surface area contributed by atoms with Crippen molar-refractivity contribution in [3.8, 4) is 5.75 Å². The van der Waals surface area contributed by atoms with Crippen molar-refractivity contribution in [3.05, 3.63) is 143 Å². The number of carbonyl (C=O) groups is 4. The number of benzene rings is 4. The molecule has 1 unspecified atom stereocenters. The number of hydrogen-bond donors (Lipinski definition) is 2. The second-order valence-electron chi connectivity index (χ2n) is 14.1. The summed E-state index contributed by atoms with van der Waals surface area (Å²) >= 11 is 1.16. The van der Waals surface area contributed by atoms with Gasteiger partial charge in [-0.05, 0) is 67.0 Å². The number of hydrogen-bond acceptors (Lipinski definition) is 10. The van der Waals surface area contributed by atoms with E-state index in [4.69, 9.17) is 14.2 Å². The molecule has 10 heteroatoms. The normalized spacial score (nSPS) is 16.8. The topological polar surface area (TPSA) is 120 Å². The molecule has 55 heavy (non-hydrogen) atoms. The standard InChI is InChI=1S/C45H48N2O7S/c1-33(48)52-40-18-9-8-14-36(40)19-20-41(49)53-45(23-27-47-28-24-45)39-17-10-13-35(30-39)31-42(50)55-32-37(29-34-11-4-2-5-12-34)43(51)54-44(21-25-46-26-22-44)38-15-6-3-7-16-38/h2-20,30,37,46-47H,21-29,31-32H2,1H3/b20-19+. The first kappa shape index (κ1) is 39.7. The molecule has 2 saturated heterocycles. The Morgan fingerprint density at radius 2 is 1.29 bits per heavy atom. The molecule has 4 aromatic rings. The number of rotatable bonds is 14. The molecule has 9 nitrogen and oxygen atoms in total. The lowest BCUT2D eigenvalue weighted by Crippen LogP contribution is -2.44. The fourth-order valence-corrected chi connectivity index (χ4v) is 8.22. The molecule has 2 heterocycles. The van der Waals surface area contributed by atoms with Gasteiger partial charge in [-0.25, -0.2) is 4.79 Å². The second kappa shape index (κ2) is 19.0. The van der Waals surface area contributed by atoms with Crippen LogP contribution in [0.2, 0.25) is 0 Å². The quantitative estimate of drug-likeness (QED) is 0.0796. The van der Waals surface area contributed by atoms with E-state index in [1.807, 2.05) is 84.9 Å². The summed E-state index contributed by atoms with van der Waals surface area (Å²) in [5.74, 6) is -1.15. The van der Waals surface area contributed by atoms with Crippen LogP contribution >= 0.6 is 11.8 Å². The average Bonchev–Trinajstić information content (AvgIpc) is 3.20. The van der Waals surface area contributed by atoms with E-state index in [1.54, 1.807) is 30.3 Å². The largest absolute Gasteiger partial charge is 0.454 e. The summed E-state index contributed by atoms with van der Waals surface area (Å²) < 4.78 is 18.0. The molecule has 0 radical (unpaired) electrons. The fourth-order valence-electron chi connectivity index (χ4n) is 7.31. The summed E-state index contributed by atoms with van der Waals surface area (Å²) in [6.45, 7) is 4.14. The van der Waals surface area contributed by atoms with Crippen LogP contribution in [0, 0.1) is 5.92 Å². The Bertz CT molecular complexity index is 1950. The lowest BCUT2D eigenvalue weighted by molar-refractivity contribution is -0.168. The summed E-state index contributed by atoms with van der Waals surface area (Å²) in [6.07, 6.45) is 6.02. The van der Waals surface area contributed by atoms with Gasteiger partial charge in [0.2, 0.25) is 0 Å². The van der Waals surface area contributed by atoms with E-state index in [2.05, 4.69) is 10.6 Å². The van der Waals surface area contributed by atoms with Crippen LogP contribution in [-0.4, -0.2) is 55.0 Å². The maximum atomic E-state index is 14.1. The van der Waals surface area contributed by atoms with Crippen molar-refractivity contribution in [1.82, 2.24) is 10.6 Å². The van der Waals surface area contributed by atoms with Gasteiger partial charge in [0.05, 0.1) is 5.92 Å². The molecule has 0 amide bonds. The zero-order valence-corrected chi connectivity index (χ0v) is 32.0. The van der Waals surface area contributed by atoms with Gasteiger partial charge in [-0.3, -0.25) is 14.4 Å². The second-order valence-corrected chi connectivity index (χ2v) is 15.2. The van der Waals surface area contributed by atoms with E-state index < -0.39 is 29.1 Å². The number of carbonyl (C=O) groups excluding carboxylic acids is 4. The molecule has 2 aliphatic rings. The van der Waals surface area contributed by atoms with Crippen molar-refractivity contribution in [2.45, 2.75) is 56.7 Å². The van der Waals surface area contributed by atoms with E-state index in [-0.39, 0.29) is 23.3 Å². The van der Waals surface area contributed by atoms with E-state index >= 15 is 0 Å². The van der Waals surface area contributed by atoms with Crippen molar-refractivity contribution < 1.29 is 33.4 Å². The van der Waals surface area contributed by atoms with Crippen molar-refractivity contribution in [2.75, 3.05) is 31.9 Å². The Morgan fingerprint density at radius 3 is 1.96 bits per heavy atom. The smallest absolute Gasteiger partial charge is 0.331 e. The van der Waals surface area contributed by atoms with Gasteiger partial charge >= 0.3 is 17.9 Å². The van der Waals surface area contributed by atoms with Crippen molar-refractivity contribution in [3.63, 3.8) is 0 Å². The molecule has 2 aliphatic heterocycles. The van der Waals surface area contributed by atoms with Gasteiger partial charge in [-0.1, -0.05) is 115 Å². The van der Waals surface area contributed by atoms with Gasteiger partial charge in [0.25, 0.3) is 0 Å². The molecule has 2 fully saturated rings. The van der Waals surface area contributed by atoms with E-state index in [0.29, 0.717) is 56.5 Å². The number of thioether (sulfide) groups is 1. The Kier molecular flexibility index (Phi) is 13.7. The molecule has 286 valence electrons. The van der Waals surface area contributed by atoms with Gasteiger partial charge in [-0.15, -0.1) is 0 Å². The van der Waals surface area contributed by atoms with Crippen LogP contribution in [0.1, 0.15) is 60.4 Å². The summed E-state index contributed by atoms with van der Waals surface area (Å²) in [5, 5.41) is 6.67. The van der Waals surface area contributed by atoms with E-state index in [9.17, 15) is 19.2 Å². The molecular weight excluding hydrogens is 713 g/mol. The van der Waals surface area contributed by atoms with Crippen molar-refractivity contribution in [1.29, 1.82) is 0 Å². The molecule has 0 aromatic heterocycles. The van der Waals surface area contributed by atoms with Crippen molar-refractivity contribution in [2.24, 2.45) is 5.92 Å². The molecule has 0 bridgehead atoms. The third-order valence-electron chi connectivity index (χ3n) is 10.2. The lowest BCUT2D eigenvalue weighted by atomic mass is 9.84. The van der Waals surface area contributed by atoms with Gasteiger partial charge in [0.1, 0.15) is 17.0 Å². The van der Waals surface area contributed by atoms with Crippen LogP contribution in [0.4, 0.5) is 0 Å². The Hall–Kier alpha value is -5.03. The summed E-state index contributed by atoms with van der Waals surface area (Å²) in [7, 11) is 0. The number of esters is 3. The number of ether oxygens (including phenoxy) is 3. The molecule has 0 aliphatic carbocycles. The Balaban J connectivity index is 1.14. The molecule has 6 rings (SSSR count). The van der Waals surface area contributed by atoms with Crippen LogP contribution in [0.3, 0.4) is 0 Å². The van der Waals surface area contributed by atoms with Crippen LogP contribution in [-0.2, 0) is 52.7 Å². The van der Waals surface area contributed by atoms with E-state index in [0.717, 1.165) is 47.1 Å². The maximum Gasteiger partial charge on any atom is 0.331 e. The number of para-hydroxylation sites is 1. The summed E-state index contributed by atoms with van der Waals surface area (Å²) in [6, 6.07) is 34.5. The van der Waals surface area contributed by atoms with Crippen LogP contribution in [0.5, 0.6) is 5.75 Å². The molecule has 2 N–H and O–H groups in total. The number of piperidine rings is 2. The van der Waals surface area contributed by atoms with Gasteiger partial charge in [-0.2, -0.15) is 0 Å². The Morgan fingerprint density at radius 1 is 0.709 bits per heavy atom. The predicted octanol–water partition coefficient (Wildman–Crippen LogP) is 6.93. The zero-order valence-electron chi connectivity index (χ0n) is 31.2. The minimum Gasteiger partial charge on any atom is -0.454 e. The maximum absolute atomic E-state index is 14.1. The lowest BCUT2D eigenvalue weighted by Gasteiger charge is -2.38. The summed E-state index contributed by atoms with van der Waals surface area (Å²) in [4.78, 5) is 52.5. The third-order valence-corrected chi connectivity index (χ3v) is 11.2. The average molecular weight is 761 g/mol. The third kappa shape index (κ3) is 10.8. The monoisotopic (exact) mass is 760 g/mol. The highest BCUT2D eigenvalue weighted by Gasteiger charge is 2.40. The highest BCUT2D eigenvalue weighted by Crippen LogP contribution is 2.38. The molecule has 4 aromatic carbocycles. The zero-order chi connectivity index (χ0) is 38.5. The predicted molar refractivity (Wildman–Crippen MR) is 214 cm³/mol. The highest BCUT2D eigenvalue weighted by molar-refractivity contribution is 8.13.